The lowest BCUT2D eigenvalue weighted by Crippen LogP contribution is -2.00. The summed E-state index contributed by atoms with van der Waals surface area (Å²) in [6, 6.07) is 9.03. The van der Waals surface area contributed by atoms with Gasteiger partial charge in [0.1, 0.15) is 5.82 Å². The van der Waals surface area contributed by atoms with Gasteiger partial charge in [0, 0.05) is 18.3 Å². The monoisotopic (exact) mass is 283 g/mol. The molecule has 0 aromatic heterocycles. The Kier molecular flexibility index (Phi) is 4.22. The molecule has 0 saturated heterocycles. The highest BCUT2D eigenvalue weighted by atomic mass is 35.5. The van der Waals surface area contributed by atoms with E-state index in [1.807, 2.05) is 0 Å². The number of halogens is 3. The van der Waals surface area contributed by atoms with Gasteiger partial charge in [0.05, 0.1) is 12.1 Å². The van der Waals surface area contributed by atoms with Crippen LogP contribution in [0.25, 0.3) is 0 Å². The second-order valence-electron chi connectivity index (χ2n) is 3.95. The van der Waals surface area contributed by atoms with E-state index in [4.69, 9.17) is 16.3 Å². The van der Waals surface area contributed by atoms with Gasteiger partial charge in [0.25, 0.3) is 0 Å². The predicted molar refractivity (Wildman–Crippen MR) is 71.7 cm³/mol. The van der Waals surface area contributed by atoms with Crippen molar-refractivity contribution < 1.29 is 13.5 Å². The lowest BCUT2D eigenvalue weighted by molar-refractivity contribution is 0.386. The van der Waals surface area contributed by atoms with Crippen LogP contribution in [0.2, 0.25) is 5.02 Å². The van der Waals surface area contributed by atoms with Gasteiger partial charge >= 0.3 is 0 Å². The van der Waals surface area contributed by atoms with Crippen molar-refractivity contribution in [1.29, 1.82) is 0 Å². The fourth-order valence-electron chi connectivity index (χ4n) is 1.63. The maximum absolute atomic E-state index is 13.5. The van der Waals surface area contributed by atoms with Gasteiger partial charge in [-0.15, -0.1) is 0 Å². The molecule has 2 aromatic rings. The van der Waals surface area contributed by atoms with E-state index in [0.29, 0.717) is 12.2 Å². The van der Waals surface area contributed by atoms with E-state index < -0.39 is 11.6 Å². The minimum absolute atomic E-state index is 0.0696. The van der Waals surface area contributed by atoms with Crippen LogP contribution in [0.5, 0.6) is 5.75 Å². The molecule has 2 aromatic carbocycles. The summed E-state index contributed by atoms with van der Waals surface area (Å²) in [5, 5.41) is 3.09. The molecule has 0 atom stereocenters. The molecule has 0 aliphatic rings. The van der Waals surface area contributed by atoms with E-state index in [1.54, 1.807) is 12.1 Å². The normalized spacial score (nSPS) is 10.3. The SMILES string of the molecule is COc1ccc(NCc2ccc(F)c(Cl)c2)cc1F. The molecule has 0 fully saturated rings. The van der Waals surface area contributed by atoms with E-state index in [2.05, 4.69) is 5.32 Å². The molecule has 0 unspecified atom stereocenters. The molecule has 0 aliphatic carbocycles. The quantitative estimate of drug-likeness (QED) is 0.906. The molecule has 2 rings (SSSR count). The van der Waals surface area contributed by atoms with Crippen molar-refractivity contribution in [3.05, 3.63) is 58.6 Å². The van der Waals surface area contributed by atoms with E-state index in [-0.39, 0.29) is 10.8 Å². The Bertz CT molecular complexity index is 590. The first-order chi connectivity index (χ1) is 9.10. The summed E-state index contributed by atoms with van der Waals surface area (Å²) in [6.45, 7) is 0.422. The molecule has 19 heavy (non-hydrogen) atoms. The number of methoxy groups -OCH3 is 1. The maximum atomic E-state index is 13.5. The molecule has 0 heterocycles. The van der Waals surface area contributed by atoms with Crippen LogP contribution in [0.1, 0.15) is 5.56 Å². The highest BCUT2D eigenvalue weighted by molar-refractivity contribution is 6.30. The average molecular weight is 284 g/mol. The summed E-state index contributed by atoms with van der Waals surface area (Å²) < 4.78 is 31.3. The Hall–Kier alpha value is -1.81. The van der Waals surface area contributed by atoms with Gasteiger partial charge in [-0.2, -0.15) is 0 Å². The Balaban J connectivity index is 2.05. The van der Waals surface area contributed by atoms with Crippen LogP contribution >= 0.6 is 11.6 Å². The molecule has 1 N–H and O–H groups in total. The molecule has 5 heteroatoms. The number of anilines is 1. The van der Waals surface area contributed by atoms with Crippen molar-refractivity contribution in [2.45, 2.75) is 6.54 Å². The highest BCUT2D eigenvalue weighted by Gasteiger charge is 2.04. The standard InChI is InChI=1S/C14H12ClF2NO/c1-19-14-5-3-10(7-13(14)17)18-8-9-2-4-12(16)11(15)6-9/h2-7,18H,8H2,1H3. The molecular weight excluding hydrogens is 272 g/mol. The fourth-order valence-corrected chi connectivity index (χ4v) is 1.83. The second-order valence-corrected chi connectivity index (χ2v) is 4.36. The van der Waals surface area contributed by atoms with Gasteiger partial charge in [0.15, 0.2) is 11.6 Å². The first-order valence-electron chi connectivity index (χ1n) is 5.61. The fraction of sp³-hybridized carbons (Fsp3) is 0.143. The van der Waals surface area contributed by atoms with Crippen molar-refractivity contribution in [2.24, 2.45) is 0 Å². The average Bonchev–Trinajstić information content (AvgIpc) is 2.40. The molecule has 0 radical (unpaired) electrons. The largest absolute Gasteiger partial charge is 0.494 e. The first kappa shape index (κ1) is 13.6. The Morgan fingerprint density at radius 2 is 1.89 bits per heavy atom. The van der Waals surface area contributed by atoms with Gasteiger partial charge in [-0.1, -0.05) is 17.7 Å². The van der Waals surface area contributed by atoms with Gasteiger partial charge in [-0.3, -0.25) is 0 Å². The Labute approximate surface area is 115 Å². The van der Waals surface area contributed by atoms with Crippen LogP contribution in [0.3, 0.4) is 0 Å². The maximum Gasteiger partial charge on any atom is 0.167 e. The Morgan fingerprint density at radius 1 is 1.11 bits per heavy atom. The molecular formula is C14H12ClF2NO. The van der Waals surface area contributed by atoms with Crippen LogP contribution < -0.4 is 10.1 Å². The van der Waals surface area contributed by atoms with E-state index in [9.17, 15) is 8.78 Å². The zero-order chi connectivity index (χ0) is 13.8. The third-order valence-electron chi connectivity index (χ3n) is 2.63. The minimum Gasteiger partial charge on any atom is -0.494 e. The van der Waals surface area contributed by atoms with Crippen molar-refractivity contribution in [2.75, 3.05) is 12.4 Å². The van der Waals surface area contributed by atoms with Crippen molar-refractivity contribution >= 4 is 17.3 Å². The molecule has 2 nitrogen and oxygen atoms in total. The van der Waals surface area contributed by atoms with Crippen LogP contribution in [-0.4, -0.2) is 7.11 Å². The zero-order valence-electron chi connectivity index (χ0n) is 10.2. The number of hydrogen-bond acceptors (Lipinski definition) is 2. The van der Waals surface area contributed by atoms with E-state index in [1.165, 1.54) is 31.4 Å². The van der Waals surface area contributed by atoms with Crippen molar-refractivity contribution in [1.82, 2.24) is 0 Å². The smallest absolute Gasteiger partial charge is 0.167 e. The number of rotatable bonds is 4. The lowest BCUT2D eigenvalue weighted by Gasteiger charge is -2.09. The van der Waals surface area contributed by atoms with Gasteiger partial charge in [-0.25, -0.2) is 8.78 Å². The number of benzene rings is 2. The van der Waals surface area contributed by atoms with Gasteiger partial charge in [0.2, 0.25) is 0 Å². The lowest BCUT2D eigenvalue weighted by atomic mass is 10.2. The molecule has 0 spiro atoms. The third-order valence-corrected chi connectivity index (χ3v) is 2.92. The van der Waals surface area contributed by atoms with Gasteiger partial charge < -0.3 is 10.1 Å². The summed E-state index contributed by atoms with van der Waals surface area (Å²) in [5.74, 6) is -0.707. The summed E-state index contributed by atoms with van der Waals surface area (Å²) >= 11 is 5.68. The zero-order valence-corrected chi connectivity index (χ0v) is 11.0. The topological polar surface area (TPSA) is 21.3 Å². The number of nitrogens with one attached hydrogen (secondary N) is 1. The minimum atomic E-state index is -0.457. The molecule has 0 amide bonds. The molecule has 0 aliphatic heterocycles. The molecule has 0 saturated carbocycles. The van der Waals surface area contributed by atoms with Crippen LogP contribution in [0.15, 0.2) is 36.4 Å². The first-order valence-corrected chi connectivity index (χ1v) is 5.99. The summed E-state index contributed by atoms with van der Waals surface area (Å²) in [4.78, 5) is 0. The van der Waals surface area contributed by atoms with E-state index >= 15 is 0 Å². The van der Waals surface area contributed by atoms with E-state index in [0.717, 1.165) is 5.56 Å². The summed E-state index contributed by atoms with van der Waals surface area (Å²) in [5.41, 5.74) is 1.42. The van der Waals surface area contributed by atoms with Crippen molar-refractivity contribution in [3.8, 4) is 5.75 Å². The van der Waals surface area contributed by atoms with Crippen LogP contribution in [-0.2, 0) is 6.54 Å². The molecule has 100 valence electrons. The highest BCUT2D eigenvalue weighted by Crippen LogP contribution is 2.22. The number of ether oxygens (including phenoxy) is 1. The summed E-state index contributed by atoms with van der Waals surface area (Å²) in [6.07, 6.45) is 0. The third kappa shape index (κ3) is 3.35. The second kappa shape index (κ2) is 5.89. The predicted octanol–water partition coefficient (Wildman–Crippen LogP) is 4.24. The number of hydrogen-bond donors (Lipinski definition) is 1. The molecule has 0 bridgehead atoms. The van der Waals surface area contributed by atoms with Crippen molar-refractivity contribution in [3.63, 3.8) is 0 Å². The van der Waals surface area contributed by atoms with Crippen LogP contribution in [0, 0.1) is 11.6 Å². The van der Waals surface area contributed by atoms with Gasteiger partial charge in [-0.05, 0) is 29.8 Å². The summed E-state index contributed by atoms with van der Waals surface area (Å²) in [7, 11) is 1.41. The van der Waals surface area contributed by atoms with Crippen LogP contribution in [0.4, 0.5) is 14.5 Å². The Morgan fingerprint density at radius 3 is 2.53 bits per heavy atom.